The van der Waals surface area contributed by atoms with Gasteiger partial charge in [0.15, 0.2) is 11.5 Å². The molecule has 0 aliphatic carbocycles. The Morgan fingerprint density at radius 2 is 1.60 bits per heavy atom. The minimum absolute atomic E-state index is 0.0762. The average molecular weight is 478 g/mol. The number of rotatable bonds is 10. The van der Waals surface area contributed by atoms with Crippen molar-refractivity contribution in [2.24, 2.45) is 5.10 Å². The van der Waals surface area contributed by atoms with Crippen molar-refractivity contribution >= 4 is 23.8 Å². The number of hydrazone groups is 1. The summed E-state index contributed by atoms with van der Waals surface area (Å²) in [6.07, 6.45) is 1.46. The Morgan fingerprint density at radius 1 is 0.914 bits per heavy atom. The van der Waals surface area contributed by atoms with Crippen molar-refractivity contribution in [1.29, 1.82) is 0 Å². The second-order valence-corrected chi connectivity index (χ2v) is 7.39. The lowest BCUT2D eigenvalue weighted by Gasteiger charge is -2.13. The van der Waals surface area contributed by atoms with Crippen LogP contribution in [0.4, 0.5) is 5.69 Å². The number of aryl methyl sites for hydroxylation is 1. The van der Waals surface area contributed by atoms with Crippen molar-refractivity contribution in [1.82, 2.24) is 5.43 Å². The van der Waals surface area contributed by atoms with Gasteiger partial charge in [-0.1, -0.05) is 29.8 Å². The van der Waals surface area contributed by atoms with Gasteiger partial charge in [-0.25, -0.2) is 10.2 Å². The molecule has 9 nitrogen and oxygen atoms in total. The Bertz CT molecular complexity index is 1180. The second-order valence-electron chi connectivity index (χ2n) is 7.39. The number of hydrogen-bond donors (Lipinski definition) is 2. The number of nitrogens with one attached hydrogen (secondary N) is 2. The van der Waals surface area contributed by atoms with Crippen molar-refractivity contribution in [2.75, 3.05) is 33.2 Å². The highest BCUT2D eigenvalue weighted by molar-refractivity contribution is 5.93. The molecule has 0 bridgehead atoms. The van der Waals surface area contributed by atoms with E-state index in [9.17, 15) is 9.59 Å². The van der Waals surface area contributed by atoms with Crippen molar-refractivity contribution in [3.05, 3.63) is 77.4 Å². The van der Waals surface area contributed by atoms with Crippen LogP contribution in [-0.4, -0.2) is 46.0 Å². The van der Waals surface area contributed by atoms with E-state index in [1.165, 1.54) is 39.7 Å². The fraction of sp³-hybridized carbons (Fsp3) is 0.192. The maximum Gasteiger partial charge on any atom is 0.343 e. The topological polar surface area (TPSA) is 107 Å². The van der Waals surface area contributed by atoms with Gasteiger partial charge >= 0.3 is 5.97 Å². The molecule has 0 saturated heterocycles. The molecule has 0 atom stereocenters. The normalized spacial score (nSPS) is 10.5. The Labute approximate surface area is 203 Å². The fourth-order valence-corrected chi connectivity index (χ4v) is 3.10. The van der Waals surface area contributed by atoms with Crippen molar-refractivity contribution in [2.45, 2.75) is 6.92 Å². The van der Waals surface area contributed by atoms with E-state index in [0.717, 1.165) is 11.3 Å². The van der Waals surface area contributed by atoms with Gasteiger partial charge in [0.2, 0.25) is 5.75 Å². The average Bonchev–Trinajstić information content (AvgIpc) is 2.87. The number of anilines is 1. The molecule has 0 saturated carbocycles. The largest absolute Gasteiger partial charge is 0.493 e. The van der Waals surface area contributed by atoms with Gasteiger partial charge in [-0.2, -0.15) is 5.10 Å². The monoisotopic (exact) mass is 477 g/mol. The van der Waals surface area contributed by atoms with Gasteiger partial charge in [0.05, 0.1) is 39.7 Å². The van der Waals surface area contributed by atoms with E-state index in [4.69, 9.17) is 18.9 Å². The standard InChI is InChI=1S/C26H27N3O6/c1-17-8-10-20(11-9-17)27-16-24(30)29-28-15-18-6-5-7-21(12-18)35-26(31)19-13-22(32-2)25(34-4)23(14-19)33-3/h5-15,27H,16H2,1-4H3,(H,29,30)/b28-15+. The molecule has 3 aromatic rings. The zero-order valence-electron chi connectivity index (χ0n) is 20.0. The zero-order valence-corrected chi connectivity index (χ0v) is 20.0. The van der Waals surface area contributed by atoms with Crippen LogP contribution in [0.25, 0.3) is 0 Å². The molecule has 2 N–H and O–H groups in total. The quantitative estimate of drug-likeness (QED) is 0.198. The van der Waals surface area contributed by atoms with Crippen LogP contribution in [-0.2, 0) is 4.79 Å². The number of carbonyl (C=O) groups is 2. The summed E-state index contributed by atoms with van der Waals surface area (Å²) >= 11 is 0. The van der Waals surface area contributed by atoms with Gasteiger partial charge in [0.25, 0.3) is 5.91 Å². The maximum atomic E-state index is 12.7. The fourth-order valence-electron chi connectivity index (χ4n) is 3.10. The van der Waals surface area contributed by atoms with Gasteiger partial charge in [-0.15, -0.1) is 0 Å². The summed E-state index contributed by atoms with van der Waals surface area (Å²) in [5.41, 5.74) is 5.30. The number of ether oxygens (including phenoxy) is 4. The molecule has 0 aliphatic heterocycles. The highest BCUT2D eigenvalue weighted by Crippen LogP contribution is 2.38. The first-order chi connectivity index (χ1) is 16.9. The van der Waals surface area contributed by atoms with Crippen LogP contribution in [0.3, 0.4) is 0 Å². The Kier molecular flexibility index (Phi) is 8.66. The lowest BCUT2D eigenvalue weighted by molar-refractivity contribution is -0.119. The summed E-state index contributed by atoms with van der Waals surface area (Å²) in [7, 11) is 4.41. The van der Waals surface area contributed by atoms with Crippen LogP contribution < -0.4 is 29.7 Å². The summed E-state index contributed by atoms with van der Waals surface area (Å²) in [5, 5.41) is 6.98. The summed E-state index contributed by atoms with van der Waals surface area (Å²) < 4.78 is 21.3. The maximum absolute atomic E-state index is 12.7. The number of methoxy groups -OCH3 is 3. The van der Waals surface area contributed by atoms with Crippen molar-refractivity contribution < 1.29 is 28.5 Å². The lowest BCUT2D eigenvalue weighted by Crippen LogP contribution is -2.25. The predicted molar refractivity (Wildman–Crippen MR) is 133 cm³/mol. The Balaban J connectivity index is 1.59. The highest BCUT2D eigenvalue weighted by atomic mass is 16.5. The van der Waals surface area contributed by atoms with E-state index in [0.29, 0.717) is 28.6 Å². The summed E-state index contributed by atoms with van der Waals surface area (Å²) in [6, 6.07) is 17.5. The van der Waals surface area contributed by atoms with E-state index >= 15 is 0 Å². The molecule has 0 fully saturated rings. The van der Waals surface area contributed by atoms with Crippen LogP contribution in [0.2, 0.25) is 0 Å². The van der Waals surface area contributed by atoms with E-state index in [1.54, 1.807) is 24.3 Å². The smallest absolute Gasteiger partial charge is 0.343 e. The number of nitrogens with zero attached hydrogens (tertiary/aromatic N) is 1. The van der Waals surface area contributed by atoms with Crippen LogP contribution >= 0.6 is 0 Å². The van der Waals surface area contributed by atoms with Gasteiger partial charge in [0, 0.05) is 5.69 Å². The third kappa shape index (κ3) is 6.97. The van der Waals surface area contributed by atoms with Crippen LogP contribution in [0.5, 0.6) is 23.0 Å². The summed E-state index contributed by atoms with van der Waals surface area (Å²) in [5.74, 6) is 0.459. The number of carbonyl (C=O) groups excluding carboxylic acids is 2. The van der Waals surface area contributed by atoms with E-state index in [2.05, 4.69) is 15.8 Å². The predicted octanol–water partition coefficient (Wildman–Crippen LogP) is 3.80. The van der Waals surface area contributed by atoms with E-state index in [1.807, 2.05) is 31.2 Å². The molecule has 9 heteroatoms. The SMILES string of the molecule is COc1cc(C(=O)Oc2cccc(/C=N/NC(=O)CNc3ccc(C)cc3)c2)cc(OC)c1OC. The van der Waals surface area contributed by atoms with Gasteiger partial charge in [0.1, 0.15) is 5.75 Å². The molecule has 182 valence electrons. The third-order valence-electron chi connectivity index (χ3n) is 4.88. The van der Waals surface area contributed by atoms with Gasteiger partial charge in [-0.3, -0.25) is 4.79 Å². The lowest BCUT2D eigenvalue weighted by atomic mass is 10.1. The molecule has 0 spiro atoms. The minimum atomic E-state index is -0.603. The van der Waals surface area contributed by atoms with Crippen molar-refractivity contribution in [3.8, 4) is 23.0 Å². The number of hydrogen-bond acceptors (Lipinski definition) is 8. The Morgan fingerprint density at radius 3 is 2.23 bits per heavy atom. The van der Waals surface area contributed by atoms with E-state index < -0.39 is 5.97 Å². The Hall–Kier alpha value is -4.53. The van der Waals surface area contributed by atoms with Crippen LogP contribution in [0.1, 0.15) is 21.5 Å². The number of amides is 1. The van der Waals surface area contributed by atoms with E-state index in [-0.39, 0.29) is 18.0 Å². The molecular formula is C26H27N3O6. The molecule has 0 unspecified atom stereocenters. The number of esters is 1. The molecular weight excluding hydrogens is 450 g/mol. The first kappa shape index (κ1) is 25.1. The van der Waals surface area contributed by atoms with Gasteiger partial charge < -0.3 is 24.3 Å². The molecule has 0 aromatic heterocycles. The molecule has 3 rings (SSSR count). The molecule has 0 heterocycles. The van der Waals surface area contributed by atoms with Crippen LogP contribution in [0.15, 0.2) is 65.8 Å². The molecule has 0 radical (unpaired) electrons. The highest BCUT2D eigenvalue weighted by Gasteiger charge is 2.18. The number of benzene rings is 3. The third-order valence-corrected chi connectivity index (χ3v) is 4.88. The van der Waals surface area contributed by atoms with Crippen molar-refractivity contribution in [3.63, 3.8) is 0 Å². The van der Waals surface area contributed by atoms with Crippen LogP contribution in [0, 0.1) is 6.92 Å². The van der Waals surface area contributed by atoms with Gasteiger partial charge in [-0.05, 0) is 48.9 Å². The summed E-state index contributed by atoms with van der Waals surface area (Å²) in [6.45, 7) is 2.07. The molecule has 0 aliphatic rings. The molecule has 1 amide bonds. The first-order valence-electron chi connectivity index (χ1n) is 10.7. The molecule has 3 aromatic carbocycles. The zero-order chi connectivity index (χ0) is 25.2. The summed E-state index contributed by atoms with van der Waals surface area (Å²) in [4.78, 5) is 24.7. The minimum Gasteiger partial charge on any atom is -0.493 e. The first-order valence-corrected chi connectivity index (χ1v) is 10.7. The second kappa shape index (κ2) is 12.1. The molecule has 35 heavy (non-hydrogen) atoms.